The molecule has 0 saturated carbocycles. The van der Waals surface area contributed by atoms with Crippen molar-refractivity contribution in [3.8, 4) is 0 Å². The number of aromatic nitrogens is 2. The van der Waals surface area contributed by atoms with Crippen molar-refractivity contribution in [2.24, 2.45) is 7.05 Å². The normalized spacial score (nSPS) is 16.6. The molecule has 1 N–H and O–H groups in total. The van der Waals surface area contributed by atoms with Gasteiger partial charge in [-0.25, -0.2) is 4.98 Å². The van der Waals surface area contributed by atoms with Crippen molar-refractivity contribution in [1.82, 2.24) is 19.4 Å². The lowest BCUT2D eigenvalue weighted by atomic mass is 10.2. The van der Waals surface area contributed by atoms with Crippen LogP contribution in [0.5, 0.6) is 0 Å². The molecule has 0 atom stereocenters. The average molecular weight is 341 g/mol. The Morgan fingerprint density at radius 1 is 1.08 bits per heavy atom. The topological polar surface area (TPSA) is 53.4 Å². The number of carbonyl (C=O) groups is 1. The minimum Gasteiger partial charge on any atom is -0.337 e. The van der Waals surface area contributed by atoms with E-state index in [9.17, 15) is 4.79 Å². The first-order chi connectivity index (χ1) is 12.1. The minimum absolute atomic E-state index is 0.0342. The molecule has 3 rings (SSSR count). The summed E-state index contributed by atoms with van der Waals surface area (Å²) in [6.07, 6.45) is 5.04. The van der Waals surface area contributed by atoms with Crippen LogP contribution in [0.4, 0.5) is 5.69 Å². The highest BCUT2D eigenvalue weighted by Crippen LogP contribution is 2.14. The summed E-state index contributed by atoms with van der Waals surface area (Å²) in [6.45, 7) is 7.77. The summed E-state index contributed by atoms with van der Waals surface area (Å²) < 4.78 is 2.10. The van der Waals surface area contributed by atoms with Gasteiger partial charge in [0.05, 0.1) is 6.54 Å². The van der Waals surface area contributed by atoms with Gasteiger partial charge < -0.3 is 9.88 Å². The van der Waals surface area contributed by atoms with Crippen molar-refractivity contribution < 1.29 is 4.79 Å². The van der Waals surface area contributed by atoms with Crippen LogP contribution >= 0.6 is 0 Å². The van der Waals surface area contributed by atoms with Gasteiger partial charge in [0.25, 0.3) is 0 Å². The van der Waals surface area contributed by atoms with Crippen LogP contribution in [0.2, 0.25) is 0 Å². The summed E-state index contributed by atoms with van der Waals surface area (Å²) in [5.41, 5.74) is 2.14. The summed E-state index contributed by atoms with van der Waals surface area (Å²) in [7, 11) is 2.05. The second kappa shape index (κ2) is 8.27. The minimum atomic E-state index is -0.0342. The Balaban J connectivity index is 1.51. The number of rotatable bonds is 5. The van der Waals surface area contributed by atoms with E-state index in [-0.39, 0.29) is 5.91 Å². The molecule has 1 amide bonds. The van der Waals surface area contributed by atoms with Gasteiger partial charge in [0.2, 0.25) is 5.91 Å². The quantitative estimate of drug-likeness (QED) is 0.905. The molecule has 2 aromatic rings. The summed E-state index contributed by atoms with van der Waals surface area (Å²) in [5.74, 6) is 1.09. The lowest BCUT2D eigenvalue weighted by Crippen LogP contribution is -2.31. The standard InChI is InChI=1S/C19H27N5O/c1-16(25)21-18-6-4-17(5-7-18)14-23-9-3-10-24(13-12-23)15-19-20-8-11-22(19)2/h4-8,11H,3,9-10,12-15H2,1-2H3,(H,21,25). The molecule has 1 aromatic carbocycles. The molecular formula is C19H27N5O. The molecule has 1 aliphatic heterocycles. The van der Waals surface area contributed by atoms with E-state index >= 15 is 0 Å². The number of benzene rings is 1. The number of hydrogen-bond acceptors (Lipinski definition) is 4. The summed E-state index contributed by atoms with van der Waals surface area (Å²) in [6, 6.07) is 8.15. The molecule has 1 aliphatic rings. The zero-order valence-electron chi connectivity index (χ0n) is 15.1. The Morgan fingerprint density at radius 2 is 1.76 bits per heavy atom. The Bertz CT molecular complexity index is 694. The smallest absolute Gasteiger partial charge is 0.221 e. The van der Waals surface area contributed by atoms with E-state index in [1.54, 1.807) is 0 Å². The van der Waals surface area contributed by atoms with Crippen molar-refractivity contribution in [2.45, 2.75) is 26.4 Å². The summed E-state index contributed by atoms with van der Waals surface area (Å²) >= 11 is 0. The molecule has 6 nitrogen and oxygen atoms in total. The van der Waals surface area contributed by atoms with Gasteiger partial charge in [-0.15, -0.1) is 0 Å². The Kier molecular flexibility index (Phi) is 5.83. The van der Waals surface area contributed by atoms with Crippen LogP contribution in [-0.4, -0.2) is 51.4 Å². The van der Waals surface area contributed by atoms with Crippen molar-refractivity contribution in [1.29, 1.82) is 0 Å². The van der Waals surface area contributed by atoms with Crippen LogP contribution in [-0.2, 0) is 24.9 Å². The average Bonchev–Trinajstić information content (AvgIpc) is 2.85. The Morgan fingerprint density at radius 3 is 2.36 bits per heavy atom. The number of hydrogen-bond donors (Lipinski definition) is 1. The van der Waals surface area contributed by atoms with Crippen molar-refractivity contribution in [3.63, 3.8) is 0 Å². The highest BCUT2D eigenvalue weighted by molar-refractivity contribution is 5.88. The fourth-order valence-corrected chi connectivity index (χ4v) is 3.24. The highest BCUT2D eigenvalue weighted by Gasteiger charge is 2.16. The van der Waals surface area contributed by atoms with E-state index in [0.29, 0.717) is 0 Å². The molecular weight excluding hydrogens is 314 g/mol. The van der Waals surface area contributed by atoms with Gasteiger partial charge in [-0.05, 0) is 37.2 Å². The zero-order chi connectivity index (χ0) is 17.6. The Hall–Kier alpha value is -2.18. The van der Waals surface area contributed by atoms with Gasteiger partial charge in [-0.1, -0.05) is 12.1 Å². The highest BCUT2D eigenvalue weighted by atomic mass is 16.1. The molecule has 0 aliphatic carbocycles. The van der Waals surface area contributed by atoms with Gasteiger partial charge in [-0.3, -0.25) is 14.6 Å². The first-order valence-electron chi connectivity index (χ1n) is 8.87. The molecule has 6 heteroatoms. The monoisotopic (exact) mass is 341 g/mol. The maximum Gasteiger partial charge on any atom is 0.221 e. The van der Waals surface area contributed by atoms with Gasteiger partial charge in [0, 0.05) is 51.7 Å². The molecule has 1 aromatic heterocycles. The number of anilines is 1. The number of amides is 1. The maximum atomic E-state index is 11.1. The van der Waals surface area contributed by atoms with E-state index in [1.807, 2.05) is 24.5 Å². The first kappa shape index (κ1) is 17.6. The number of nitrogens with zero attached hydrogens (tertiary/aromatic N) is 4. The van der Waals surface area contributed by atoms with E-state index in [0.717, 1.165) is 50.8 Å². The second-order valence-electron chi connectivity index (χ2n) is 6.74. The molecule has 25 heavy (non-hydrogen) atoms. The molecule has 134 valence electrons. The SMILES string of the molecule is CC(=O)Nc1ccc(CN2CCCN(Cc3nccn3C)CC2)cc1. The van der Waals surface area contributed by atoms with E-state index in [4.69, 9.17) is 0 Å². The van der Waals surface area contributed by atoms with Crippen LogP contribution in [0, 0.1) is 0 Å². The second-order valence-corrected chi connectivity index (χ2v) is 6.74. The molecule has 0 bridgehead atoms. The first-order valence-corrected chi connectivity index (χ1v) is 8.87. The van der Waals surface area contributed by atoms with Gasteiger partial charge in [-0.2, -0.15) is 0 Å². The van der Waals surface area contributed by atoms with Crippen molar-refractivity contribution >= 4 is 11.6 Å². The van der Waals surface area contributed by atoms with Gasteiger partial charge in [0.15, 0.2) is 0 Å². The van der Waals surface area contributed by atoms with Crippen LogP contribution in [0.3, 0.4) is 0 Å². The van der Waals surface area contributed by atoms with Gasteiger partial charge in [0.1, 0.15) is 5.82 Å². The summed E-state index contributed by atoms with van der Waals surface area (Å²) in [4.78, 5) is 20.5. The molecule has 1 fully saturated rings. The maximum absolute atomic E-state index is 11.1. The molecule has 0 radical (unpaired) electrons. The predicted molar refractivity (Wildman–Crippen MR) is 99.1 cm³/mol. The Labute approximate surface area is 149 Å². The molecule has 2 heterocycles. The third-order valence-corrected chi connectivity index (χ3v) is 4.65. The largest absolute Gasteiger partial charge is 0.337 e. The fourth-order valence-electron chi connectivity index (χ4n) is 3.24. The lowest BCUT2D eigenvalue weighted by molar-refractivity contribution is -0.114. The van der Waals surface area contributed by atoms with E-state index in [2.05, 4.69) is 43.8 Å². The third-order valence-electron chi connectivity index (χ3n) is 4.65. The molecule has 0 unspecified atom stereocenters. The van der Waals surface area contributed by atoms with E-state index in [1.165, 1.54) is 18.9 Å². The number of carbonyl (C=O) groups excluding carboxylic acids is 1. The van der Waals surface area contributed by atoms with Crippen LogP contribution < -0.4 is 5.32 Å². The third kappa shape index (κ3) is 5.14. The van der Waals surface area contributed by atoms with Crippen molar-refractivity contribution in [2.75, 3.05) is 31.5 Å². The molecule has 0 spiro atoms. The number of nitrogens with one attached hydrogen (secondary N) is 1. The fraction of sp³-hybridized carbons (Fsp3) is 0.474. The van der Waals surface area contributed by atoms with Crippen LogP contribution in [0.1, 0.15) is 24.7 Å². The number of aryl methyl sites for hydroxylation is 1. The van der Waals surface area contributed by atoms with E-state index < -0.39 is 0 Å². The van der Waals surface area contributed by atoms with Gasteiger partial charge >= 0.3 is 0 Å². The van der Waals surface area contributed by atoms with Crippen LogP contribution in [0.15, 0.2) is 36.7 Å². The predicted octanol–water partition coefficient (Wildman–Crippen LogP) is 2.09. The number of imidazole rings is 1. The lowest BCUT2D eigenvalue weighted by Gasteiger charge is -2.21. The van der Waals surface area contributed by atoms with Crippen LogP contribution in [0.25, 0.3) is 0 Å². The summed E-state index contributed by atoms with van der Waals surface area (Å²) in [5, 5.41) is 2.81. The zero-order valence-corrected chi connectivity index (χ0v) is 15.1. The van der Waals surface area contributed by atoms with Crippen molar-refractivity contribution in [3.05, 3.63) is 48.0 Å². The molecule has 1 saturated heterocycles.